The van der Waals surface area contributed by atoms with Crippen molar-refractivity contribution in [3.8, 4) is 0 Å². The molecule has 1 aliphatic rings. The molecule has 0 spiro atoms. The third-order valence-corrected chi connectivity index (χ3v) is 0.840. The first-order chi connectivity index (χ1) is 5.94. The summed E-state index contributed by atoms with van der Waals surface area (Å²) in [5, 5.41) is 10.8. The van der Waals surface area contributed by atoms with Crippen LogP contribution in [0.3, 0.4) is 0 Å². The molecule has 2 N–H and O–H groups in total. The van der Waals surface area contributed by atoms with Gasteiger partial charge < -0.3 is 10.5 Å². The highest BCUT2D eigenvalue weighted by atomic mass is 19.4. The van der Waals surface area contributed by atoms with Crippen LogP contribution in [0.15, 0.2) is 17.3 Å². The number of carboxylic acids is 1. The second-order valence-corrected chi connectivity index (χ2v) is 1.87. The highest BCUT2D eigenvalue weighted by Crippen LogP contribution is 2.13. The van der Waals surface area contributed by atoms with Gasteiger partial charge in [-0.3, -0.25) is 0 Å². The van der Waals surface area contributed by atoms with E-state index in [9.17, 15) is 13.2 Å². The molecule has 0 radical (unpaired) electrons. The fraction of sp³-hybridized carbons (Fsp3) is 0.333. The summed E-state index contributed by atoms with van der Waals surface area (Å²) in [6.45, 7) is 0.872. The van der Waals surface area contributed by atoms with Gasteiger partial charge in [0.2, 0.25) is 0 Å². The smallest absolute Gasteiger partial charge is 0.475 e. The molecule has 1 heterocycles. The Balaban J connectivity index is 0.000000223. The number of hydrogen-bond acceptors (Lipinski definition) is 3. The molecule has 0 aromatic rings. The molecule has 7 heteroatoms. The van der Waals surface area contributed by atoms with Crippen LogP contribution in [-0.2, 0) is 4.79 Å². The molecule has 0 saturated heterocycles. The number of rotatable bonds is 0. The van der Waals surface area contributed by atoms with Crippen LogP contribution in [0, 0.1) is 0 Å². The van der Waals surface area contributed by atoms with E-state index < -0.39 is 12.1 Å². The Bertz CT molecular complexity index is 210. The van der Waals surface area contributed by atoms with Gasteiger partial charge in [0.15, 0.2) is 0 Å². The number of hydrazone groups is 1. The average molecular weight is 196 g/mol. The van der Waals surface area contributed by atoms with E-state index in [1.807, 2.05) is 12.2 Å². The summed E-state index contributed by atoms with van der Waals surface area (Å²) in [7, 11) is 0. The van der Waals surface area contributed by atoms with Crippen molar-refractivity contribution >= 4 is 12.2 Å². The lowest BCUT2D eigenvalue weighted by Gasteiger charge is -1.93. The zero-order valence-corrected chi connectivity index (χ0v) is 6.38. The molecule has 74 valence electrons. The van der Waals surface area contributed by atoms with Crippen LogP contribution in [0.4, 0.5) is 13.2 Å². The fourth-order valence-electron chi connectivity index (χ4n) is 0.330. The zero-order valence-electron chi connectivity index (χ0n) is 6.38. The number of aliphatic carboxylic acids is 1. The number of carboxylic acid groups (broad SMARTS) is 1. The number of allylic oxidation sites excluding steroid dienone is 1. The van der Waals surface area contributed by atoms with Crippen LogP contribution in [0.2, 0.25) is 0 Å². The first kappa shape index (κ1) is 11.5. The number of nitrogens with zero attached hydrogens (tertiary/aromatic N) is 1. The Morgan fingerprint density at radius 1 is 1.54 bits per heavy atom. The Morgan fingerprint density at radius 2 is 2.08 bits per heavy atom. The van der Waals surface area contributed by atoms with E-state index in [-0.39, 0.29) is 0 Å². The molecule has 1 rings (SSSR count). The minimum atomic E-state index is -5.08. The summed E-state index contributed by atoms with van der Waals surface area (Å²) in [4.78, 5) is 8.90. The monoisotopic (exact) mass is 196 g/mol. The topological polar surface area (TPSA) is 61.7 Å². The highest BCUT2D eigenvalue weighted by molar-refractivity contribution is 5.73. The van der Waals surface area contributed by atoms with Gasteiger partial charge in [-0.2, -0.15) is 18.3 Å². The SMILES string of the molecule is C1=CCNN=C1.O=C(O)C(F)(F)F. The quantitative estimate of drug-likeness (QED) is 0.601. The molecule has 0 aromatic carbocycles. The molecule has 0 saturated carbocycles. The summed E-state index contributed by atoms with van der Waals surface area (Å²) in [6, 6.07) is 0. The van der Waals surface area contributed by atoms with Gasteiger partial charge in [-0.05, 0) is 6.08 Å². The Kier molecular flexibility index (Phi) is 4.57. The van der Waals surface area contributed by atoms with E-state index >= 15 is 0 Å². The third-order valence-electron chi connectivity index (χ3n) is 0.840. The van der Waals surface area contributed by atoms with Crippen molar-refractivity contribution in [3.05, 3.63) is 12.2 Å². The van der Waals surface area contributed by atoms with Crippen molar-refractivity contribution in [2.75, 3.05) is 6.54 Å². The number of halogens is 3. The summed E-state index contributed by atoms with van der Waals surface area (Å²) >= 11 is 0. The summed E-state index contributed by atoms with van der Waals surface area (Å²) < 4.78 is 31.7. The molecule has 0 fully saturated rings. The van der Waals surface area contributed by atoms with Gasteiger partial charge in [0.1, 0.15) is 0 Å². The van der Waals surface area contributed by atoms with Crippen molar-refractivity contribution in [2.45, 2.75) is 6.18 Å². The van der Waals surface area contributed by atoms with E-state index in [0.717, 1.165) is 6.54 Å². The van der Waals surface area contributed by atoms with Crippen LogP contribution in [-0.4, -0.2) is 30.0 Å². The van der Waals surface area contributed by atoms with E-state index in [0.29, 0.717) is 0 Å². The molecule has 0 aliphatic carbocycles. The summed E-state index contributed by atoms with van der Waals surface area (Å²) in [5.74, 6) is -2.76. The van der Waals surface area contributed by atoms with E-state index in [2.05, 4.69) is 10.5 Å². The van der Waals surface area contributed by atoms with Crippen molar-refractivity contribution < 1.29 is 23.1 Å². The highest BCUT2D eigenvalue weighted by Gasteiger charge is 2.38. The summed E-state index contributed by atoms with van der Waals surface area (Å²) in [6.07, 6.45) is 0.562. The standard InChI is InChI=1S/C4H6N2.C2HF3O2/c1-2-4-6-5-3-1;3-2(4,5)1(6)7/h1-3,6H,4H2;(H,6,7). The molecular weight excluding hydrogens is 189 g/mol. The lowest BCUT2D eigenvalue weighted by Crippen LogP contribution is -2.21. The number of carbonyl (C=O) groups is 1. The van der Waals surface area contributed by atoms with Crippen LogP contribution < -0.4 is 5.43 Å². The van der Waals surface area contributed by atoms with Gasteiger partial charge in [-0.15, -0.1) is 0 Å². The van der Waals surface area contributed by atoms with Gasteiger partial charge in [0.25, 0.3) is 0 Å². The lowest BCUT2D eigenvalue weighted by atomic mass is 10.5. The maximum atomic E-state index is 10.6. The Labute approximate surface area is 71.7 Å². The molecule has 0 aromatic heterocycles. The second-order valence-electron chi connectivity index (χ2n) is 1.87. The van der Waals surface area contributed by atoms with Crippen LogP contribution in [0.5, 0.6) is 0 Å². The maximum absolute atomic E-state index is 10.6. The Morgan fingerprint density at radius 3 is 2.15 bits per heavy atom. The average Bonchev–Trinajstić information content (AvgIpc) is 2.07. The van der Waals surface area contributed by atoms with Crippen molar-refractivity contribution in [1.29, 1.82) is 0 Å². The van der Waals surface area contributed by atoms with Gasteiger partial charge in [-0.1, -0.05) is 6.08 Å². The molecular formula is C6H7F3N2O2. The normalized spacial score (nSPS) is 14.1. The van der Waals surface area contributed by atoms with Crippen molar-refractivity contribution in [3.63, 3.8) is 0 Å². The number of alkyl halides is 3. The van der Waals surface area contributed by atoms with E-state index in [1.165, 1.54) is 0 Å². The van der Waals surface area contributed by atoms with Gasteiger partial charge in [0.05, 0.1) is 6.54 Å². The first-order valence-corrected chi connectivity index (χ1v) is 3.15. The zero-order chi connectivity index (χ0) is 10.3. The van der Waals surface area contributed by atoms with Gasteiger partial charge in [0, 0.05) is 6.21 Å². The molecule has 13 heavy (non-hydrogen) atoms. The minimum Gasteiger partial charge on any atom is -0.475 e. The van der Waals surface area contributed by atoms with Gasteiger partial charge in [-0.25, -0.2) is 4.79 Å². The van der Waals surface area contributed by atoms with E-state index in [4.69, 9.17) is 9.90 Å². The number of nitrogens with one attached hydrogen (secondary N) is 1. The number of hydrogen-bond donors (Lipinski definition) is 2. The predicted molar refractivity (Wildman–Crippen MR) is 39.3 cm³/mol. The molecule has 4 nitrogen and oxygen atoms in total. The van der Waals surface area contributed by atoms with Crippen LogP contribution >= 0.6 is 0 Å². The molecule has 0 bridgehead atoms. The molecule has 1 aliphatic heterocycles. The minimum absolute atomic E-state index is 0.872. The third kappa shape index (κ3) is 6.85. The molecule has 0 atom stereocenters. The predicted octanol–water partition coefficient (Wildman–Crippen LogP) is 0.765. The lowest BCUT2D eigenvalue weighted by molar-refractivity contribution is -0.192. The van der Waals surface area contributed by atoms with E-state index in [1.54, 1.807) is 6.21 Å². The first-order valence-electron chi connectivity index (χ1n) is 3.15. The fourth-order valence-corrected chi connectivity index (χ4v) is 0.330. The molecule has 0 amide bonds. The second kappa shape index (κ2) is 5.18. The van der Waals surface area contributed by atoms with Crippen LogP contribution in [0.1, 0.15) is 0 Å². The van der Waals surface area contributed by atoms with Crippen molar-refractivity contribution in [2.24, 2.45) is 5.10 Å². The van der Waals surface area contributed by atoms with Crippen LogP contribution in [0.25, 0.3) is 0 Å². The molecule has 0 unspecified atom stereocenters. The van der Waals surface area contributed by atoms with Crippen molar-refractivity contribution in [1.82, 2.24) is 5.43 Å². The van der Waals surface area contributed by atoms with Gasteiger partial charge >= 0.3 is 12.1 Å². The Hall–Kier alpha value is -1.53. The summed E-state index contributed by atoms with van der Waals surface area (Å²) in [5.41, 5.74) is 2.77. The maximum Gasteiger partial charge on any atom is 0.490 e. The largest absolute Gasteiger partial charge is 0.490 e.